The number of unbranched alkanes of at least 4 members (excludes halogenated alkanes) is 4. The quantitative estimate of drug-likeness (QED) is 0.0918. The highest BCUT2D eigenvalue weighted by Crippen LogP contribution is 2.38. The number of fused-ring (bicyclic) bond motifs is 1. The fourth-order valence-electron chi connectivity index (χ4n) is 8.47. The molecule has 1 atom stereocenters. The maximum atomic E-state index is 14.9. The molecule has 1 N–H and O–H groups in total. The van der Waals surface area contributed by atoms with Gasteiger partial charge < -0.3 is 34.3 Å². The smallest absolute Gasteiger partial charge is 0.259 e. The van der Waals surface area contributed by atoms with Crippen molar-refractivity contribution in [3.8, 4) is 11.5 Å². The lowest BCUT2D eigenvalue weighted by Gasteiger charge is -2.33. The summed E-state index contributed by atoms with van der Waals surface area (Å²) in [5.41, 5.74) is 3.07. The summed E-state index contributed by atoms with van der Waals surface area (Å²) in [7, 11) is 3.21. The van der Waals surface area contributed by atoms with Crippen LogP contribution in [0.25, 0.3) is 0 Å². The maximum absolute atomic E-state index is 14.9. The van der Waals surface area contributed by atoms with E-state index in [0.29, 0.717) is 39.8 Å². The van der Waals surface area contributed by atoms with Gasteiger partial charge in [-0.2, -0.15) is 0 Å². The first-order valence-corrected chi connectivity index (χ1v) is 21.3. The minimum atomic E-state index is -0.777. The van der Waals surface area contributed by atoms with Crippen molar-refractivity contribution in [1.29, 1.82) is 0 Å². The van der Waals surface area contributed by atoms with Crippen molar-refractivity contribution >= 4 is 47.3 Å². The molecule has 3 amide bonds. The van der Waals surface area contributed by atoms with E-state index in [2.05, 4.69) is 10.2 Å². The highest BCUT2D eigenvalue weighted by molar-refractivity contribution is 7.12. The van der Waals surface area contributed by atoms with Crippen molar-refractivity contribution in [2.24, 2.45) is 0 Å². The van der Waals surface area contributed by atoms with Crippen molar-refractivity contribution < 1.29 is 37.8 Å². The van der Waals surface area contributed by atoms with E-state index in [4.69, 9.17) is 9.47 Å². The Morgan fingerprint density at radius 2 is 1.75 bits per heavy atom. The number of nitrogens with one attached hydrogen (secondary N) is 1. The fourth-order valence-corrected chi connectivity index (χ4v) is 9.15. The van der Waals surface area contributed by atoms with E-state index in [0.717, 1.165) is 114 Å². The number of halogens is 1. The van der Waals surface area contributed by atoms with E-state index in [1.165, 1.54) is 29.4 Å². The van der Waals surface area contributed by atoms with Gasteiger partial charge >= 0.3 is 0 Å². The number of nitrogens with zero attached hydrogens (tertiary/aromatic N) is 3. The molecule has 0 bridgehead atoms. The van der Waals surface area contributed by atoms with E-state index >= 15 is 0 Å². The van der Waals surface area contributed by atoms with Crippen LogP contribution < -0.4 is 19.7 Å². The largest absolute Gasteiger partial charge is 0.490 e. The van der Waals surface area contributed by atoms with Crippen LogP contribution in [0.4, 0.5) is 10.1 Å². The van der Waals surface area contributed by atoms with Crippen LogP contribution in [0.2, 0.25) is 0 Å². The number of hydrogen-bond acceptors (Lipinski definition) is 9. The monoisotopic (exact) mass is 802 g/mol. The number of carbonyl (C=O) groups is 5. The molecular weight excluding hydrogens is 748 g/mol. The zero-order chi connectivity index (χ0) is 40.3. The number of likely N-dealkylation sites (N-methyl/N-ethyl adjacent to an activating group) is 1. The van der Waals surface area contributed by atoms with Crippen molar-refractivity contribution in [2.45, 2.75) is 108 Å². The molecule has 3 aliphatic rings. The number of anilines is 1. The summed E-state index contributed by atoms with van der Waals surface area (Å²) in [4.78, 5) is 67.6. The highest BCUT2D eigenvalue weighted by atomic mass is 32.1. The minimum absolute atomic E-state index is 0.126. The van der Waals surface area contributed by atoms with Gasteiger partial charge in [0, 0.05) is 44.4 Å². The summed E-state index contributed by atoms with van der Waals surface area (Å²) in [6, 6.07) is 9.35. The second kappa shape index (κ2) is 20.2. The number of carbonyl (C=O) groups excluding carboxylic acids is 5. The third-order valence-electron chi connectivity index (χ3n) is 11.7. The number of ether oxygens (including phenoxy) is 2. The number of hydrogen-bond donors (Lipinski definition) is 1. The molecule has 1 unspecified atom stereocenters. The second-order valence-corrected chi connectivity index (χ2v) is 16.3. The molecule has 2 aliphatic heterocycles. The van der Waals surface area contributed by atoms with Gasteiger partial charge in [0.25, 0.3) is 11.8 Å². The standard InChI is InChI=1S/C44H55FN4O7S/c1-46-42(52)38(13-10-22-50)49-28-37-35(25-31(45)26-36(37)44(49)54)30-16-20-48(21-17-30)19-8-4-3-5-9-23-55-39-15-14-32(27-40(39)56-33-11-6-7-12-33)47(2)43(53)34-18-24-57-41(34)29-51/h14-15,18,22,24-27,29-30,33,38H,3-13,16-17,19-21,23,28H2,1-2H3,(H,46,52). The minimum Gasteiger partial charge on any atom is -0.490 e. The van der Waals surface area contributed by atoms with Gasteiger partial charge in [0.1, 0.15) is 18.1 Å². The predicted octanol–water partition coefficient (Wildman–Crippen LogP) is 7.56. The van der Waals surface area contributed by atoms with Crippen molar-refractivity contribution in [2.75, 3.05) is 45.2 Å². The third-order valence-corrected chi connectivity index (χ3v) is 12.5. The third kappa shape index (κ3) is 10.3. The van der Waals surface area contributed by atoms with E-state index in [-0.39, 0.29) is 49.1 Å². The summed E-state index contributed by atoms with van der Waals surface area (Å²) in [6.45, 7) is 3.63. The first-order valence-electron chi connectivity index (χ1n) is 20.5. The van der Waals surface area contributed by atoms with Gasteiger partial charge in [0.15, 0.2) is 17.8 Å². The normalized spacial score (nSPS) is 16.7. The number of rotatable bonds is 20. The molecule has 0 radical (unpaired) electrons. The molecule has 1 aromatic heterocycles. The zero-order valence-corrected chi connectivity index (χ0v) is 34.0. The van der Waals surface area contributed by atoms with Gasteiger partial charge in [-0.15, -0.1) is 11.3 Å². The molecule has 1 saturated heterocycles. The van der Waals surface area contributed by atoms with Crippen LogP contribution in [0.3, 0.4) is 0 Å². The Bertz CT molecular complexity index is 1890. The van der Waals surface area contributed by atoms with Gasteiger partial charge in [-0.1, -0.05) is 19.3 Å². The summed E-state index contributed by atoms with van der Waals surface area (Å²) in [5.74, 6) is 0.0886. The molecule has 0 spiro atoms. The average Bonchev–Trinajstić information content (AvgIpc) is 4.00. The van der Waals surface area contributed by atoms with Crippen LogP contribution in [0.5, 0.6) is 11.5 Å². The SMILES string of the molecule is CNC(=O)C(CCC=O)N1Cc2c(cc(F)cc2C2CCN(CCCCCCCOc3ccc(N(C)C(=O)c4ccsc4C=O)cc3OC3CCCC3)CC2)C1=O. The maximum Gasteiger partial charge on any atom is 0.259 e. The molecule has 6 rings (SSSR count). The lowest BCUT2D eigenvalue weighted by atomic mass is 9.85. The molecular formula is C44H55FN4O7S. The van der Waals surface area contributed by atoms with Crippen molar-refractivity contribution in [3.63, 3.8) is 0 Å². The van der Waals surface area contributed by atoms with Crippen LogP contribution in [-0.4, -0.2) is 92.6 Å². The van der Waals surface area contributed by atoms with E-state index in [1.807, 2.05) is 18.2 Å². The van der Waals surface area contributed by atoms with E-state index < -0.39 is 11.9 Å². The van der Waals surface area contributed by atoms with Gasteiger partial charge in [0.2, 0.25) is 5.91 Å². The zero-order valence-electron chi connectivity index (χ0n) is 33.1. The van der Waals surface area contributed by atoms with E-state index in [9.17, 15) is 28.4 Å². The van der Waals surface area contributed by atoms with Crippen LogP contribution in [-0.2, 0) is 16.1 Å². The number of likely N-dealkylation sites (tertiary alicyclic amines) is 1. The van der Waals surface area contributed by atoms with Gasteiger partial charge in [-0.3, -0.25) is 19.2 Å². The molecule has 3 aromatic rings. The summed E-state index contributed by atoms with van der Waals surface area (Å²) in [5, 5.41) is 4.35. The van der Waals surface area contributed by atoms with Gasteiger partial charge in [-0.25, -0.2) is 4.39 Å². The van der Waals surface area contributed by atoms with E-state index in [1.54, 1.807) is 29.5 Å². The lowest BCUT2D eigenvalue weighted by molar-refractivity contribution is -0.125. The molecule has 2 aromatic carbocycles. The lowest BCUT2D eigenvalue weighted by Crippen LogP contribution is -2.46. The van der Waals surface area contributed by atoms with Crippen LogP contribution in [0.15, 0.2) is 41.8 Å². The Hall–Kier alpha value is -4.62. The molecule has 1 aliphatic carbocycles. The topological polar surface area (TPSA) is 126 Å². The van der Waals surface area contributed by atoms with Crippen molar-refractivity contribution in [1.82, 2.24) is 15.1 Å². The molecule has 57 heavy (non-hydrogen) atoms. The Kier molecular flexibility index (Phi) is 14.9. The number of aldehydes is 2. The molecule has 1 saturated carbocycles. The van der Waals surface area contributed by atoms with Crippen LogP contribution in [0, 0.1) is 5.82 Å². The van der Waals surface area contributed by atoms with Crippen LogP contribution in [0.1, 0.15) is 131 Å². The highest BCUT2D eigenvalue weighted by Gasteiger charge is 2.39. The summed E-state index contributed by atoms with van der Waals surface area (Å²) in [6.07, 6.45) is 13.3. The number of benzene rings is 2. The second-order valence-electron chi connectivity index (χ2n) is 15.4. The van der Waals surface area contributed by atoms with Gasteiger partial charge in [-0.05, 0) is 130 Å². The first-order chi connectivity index (χ1) is 27.7. The molecule has 3 heterocycles. The Morgan fingerprint density at radius 1 is 1.00 bits per heavy atom. The van der Waals surface area contributed by atoms with Crippen molar-refractivity contribution in [3.05, 3.63) is 74.7 Å². The Morgan fingerprint density at radius 3 is 2.49 bits per heavy atom. The predicted molar refractivity (Wildman–Crippen MR) is 218 cm³/mol. The van der Waals surface area contributed by atoms with Gasteiger partial charge in [0.05, 0.1) is 23.2 Å². The Labute approximate surface area is 338 Å². The molecule has 306 valence electrons. The fraction of sp³-hybridized carbons (Fsp3) is 0.523. The summed E-state index contributed by atoms with van der Waals surface area (Å²) >= 11 is 1.25. The average molecular weight is 803 g/mol. The number of thiophene rings is 1. The molecule has 13 heteroatoms. The summed E-state index contributed by atoms with van der Waals surface area (Å²) < 4.78 is 27.5. The molecule has 11 nitrogen and oxygen atoms in total. The number of piperidine rings is 1. The first kappa shape index (κ1) is 42.0. The van der Waals surface area contributed by atoms with Crippen LogP contribution >= 0.6 is 11.3 Å². The molecule has 2 fully saturated rings. The number of amides is 3. The Balaban J connectivity index is 0.930.